The van der Waals surface area contributed by atoms with Crippen molar-refractivity contribution in [3.05, 3.63) is 150 Å². The van der Waals surface area contributed by atoms with Crippen LogP contribution in [0.4, 0.5) is 10.8 Å². The van der Waals surface area contributed by atoms with E-state index >= 15 is 0 Å². The molecule has 0 aliphatic carbocycles. The van der Waals surface area contributed by atoms with Gasteiger partial charge in [-0.15, -0.1) is 11.8 Å². The first kappa shape index (κ1) is 30.6. The molecule has 8 nitrogen and oxygen atoms in total. The molecule has 0 fully saturated rings. The van der Waals surface area contributed by atoms with Crippen LogP contribution < -0.4 is 16.0 Å². The molecule has 1 unspecified atom stereocenters. The number of aromatic nitrogens is 1. The number of benzene rings is 4. The summed E-state index contributed by atoms with van der Waals surface area (Å²) < 4.78 is 6.39. The van der Waals surface area contributed by atoms with E-state index in [1.54, 1.807) is 54.6 Å². The van der Waals surface area contributed by atoms with Gasteiger partial charge in [0, 0.05) is 22.2 Å². The maximum Gasteiger partial charge on any atom is 0.272 e. The Balaban J connectivity index is 1.21. The number of aryl methyl sites for hydroxylation is 1. The molecular formula is C36H28N4O4S2. The number of carbonyl (C=O) groups is 3. The monoisotopic (exact) mass is 644 g/mol. The summed E-state index contributed by atoms with van der Waals surface area (Å²) in [5, 5.41) is 8.50. The topological polar surface area (TPSA) is 113 Å². The van der Waals surface area contributed by atoms with Crippen molar-refractivity contribution in [2.75, 3.05) is 10.6 Å². The van der Waals surface area contributed by atoms with E-state index in [-0.39, 0.29) is 11.6 Å². The minimum absolute atomic E-state index is 0.00873. The predicted octanol–water partition coefficient (Wildman–Crippen LogP) is 8.08. The van der Waals surface area contributed by atoms with Crippen LogP contribution in [0.25, 0.3) is 16.3 Å². The van der Waals surface area contributed by atoms with Crippen LogP contribution in [0.5, 0.6) is 0 Å². The van der Waals surface area contributed by atoms with Crippen LogP contribution in [0.2, 0.25) is 0 Å². The minimum Gasteiger partial charge on any atom is -0.465 e. The molecule has 1 atom stereocenters. The summed E-state index contributed by atoms with van der Waals surface area (Å²) >= 11 is 2.79. The lowest BCUT2D eigenvalue weighted by Gasteiger charge is -2.17. The highest BCUT2D eigenvalue weighted by molar-refractivity contribution is 8.00. The molecular weight excluding hydrogens is 617 g/mol. The molecule has 0 radical (unpaired) electrons. The highest BCUT2D eigenvalue weighted by atomic mass is 32.2. The Bertz CT molecular complexity index is 2020. The van der Waals surface area contributed by atoms with Crippen LogP contribution >= 0.6 is 23.1 Å². The number of furan rings is 1. The first-order valence-electron chi connectivity index (χ1n) is 14.3. The van der Waals surface area contributed by atoms with Gasteiger partial charge in [-0.2, -0.15) is 0 Å². The maximum atomic E-state index is 13.7. The van der Waals surface area contributed by atoms with Crippen molar-refractivity contribution >= 4 is 67.9 Å². The first-order chi connectivity index (χ1) is 22.4. The first-order valence-corrected chi connectivity index (χ1v) is 16.0. The van der Waals surface area contributed by atoms with Crippen molar-refractivity contribution in [2.24, 2.45) is 0 Å². The Morgan fingerprint density at radius 2 is 1.63 bits per heavy atom. The number of anilines is 2. The number of hydrogen-bond acceptors (Lipinski definition) is 7. The summed E-state index contributed by atoms with van der Waals surface area (Å²) in [6.07, 6.45) is 2.95. The van der Waals surface area contributed by atoms with Gasteiger partial charge in [0.15, 0.2) is 5.13 Å². The maximum absolute atomic E-state index is 13.7. The molecule has 0 aliphatic rings. The number of nitrogens with zero attached hydrogens (tertiary/aromatic N) is 1. The van der Waals surface area contributed by atoms with E-state index in [0.29, 0.717) is 22.1 Å². The average Bonchev–Trinajstić information content (AvgIpc) is 3.73. The van der Waals surface area contributed by atoms with Crippen LogP contribution in [0.3, 0.4) is 0 Å². The molecule has 6 rings (SSSR count). The Morgan fingerprint density at radius 3 is 2.39 bits per heavy atom. The fourth-order valence-corrected chi connectivity index (χ4v) is 6.65. The molecule has 228 valence electrons. The molecule has 4 aromatic carbocycles. The van der Waals surface area contributed by atoms with Crippen LogP contribution in [-0.4, -0.2) is 22.7 Å². The normalized spacial score (nSPS) is 12.0. The Labute approximate surface area is 273 Å². The van der Waals surface area contributed by atoms with E-state index in [1.807, 2.05) is 67.6 Å². The number of fused-ring (bicyclic) bond motifs is 1. The highest BCUT2D eigenvalue weighted by Crippen LogP contribution is 2.38. The van der Waals surface area contributed by atoms with Gasteiger partial charge in [-0.25, -0.2) is 4.98 Å². The number of amides is 3. The van der Waals surface area contributed by atoms with Crippen molar-refractivity contribution < 1.29 is 18.8 Å². The second kappa shape index (κ2) is 14.1. The van der Waals surface area contributed by atoms with Crippen LogP contribution in [0.1, 0.15) is 32.5 Å². The van der Waals surface area contributed by atoms with Gasteiger partial charge in [-0.3, -0.25) is 14.4 Å². The number of nitrogens with one attached hydrogen (secondary N) is 3. The summed E-state index contributed by atoms with van der Waals surface area (Å²) in [5.74, 6) is -0.777. The van der Waals surface area contributed by atoms with E-state index < -0.39 is 17.1 Å². The summed E-state index contributed by atoms with van der Waals surface area (Å²) in [5.41, 5.74) is 3.69. The molecule has 0 saturated carbocycles. The van der Waals surface area contributed by atoms with Gasteiger partial charge >= 0.3 is 0 Å². The van der Waals surface area contributed by atoms with Crippen molar-refractivity contribution in [2.45, 2.75) is 17.1 Å². The number of hydrogen-bond donors (Lipinski definition) is 3. The van der Waals surface area contributed by atoms with Crippen molar-refractivity contribution in [1.82, 2.24) is 10.3 Å². The lowest BCUT2D eigenvalue weighted by atomic mass is 10.1. The zero-order chi connectivity index (χ0) is 31.9. The fourth-order valence-electron chi connectivity index (χ4n) is 4.60. The molecule has 0 saturated heterocycles. The van der Waals surface area contributed by atoms with Crippen LogP contribution in [0, 0.1) is 6.92 Å². The van der Waals surface area contributed by atoms with E-state index in [1.165, 1.54) is 35.4 Å². The fraction of sp³-hybridized carbons (Fsp3) is 0.0556. The van der Waals surface area contributed by atoms with Gasteiger partial charge in [0.2, 0.25) is 5.91 Å². The van der Waals surface area contributed by atoms with Gasteiger partial charge in [0.1, 0.15) is 16.7 Å². The second-order valence-electron chi connectivity index (χ2n) is 10.3. The molecule has 6 aromatic rings. The van der Waals surface area contributed by atoms with Gasteiger partial charge in [0.25, 0.3) is 11.8 Å². The summed E-state index contributed by atoms with van der Waals surface area (Å²) in [7, 11) is 0. The number of thiazole rings is 1. The van der Waals surface area contributed by atoms with E-state index in [4.69, 9.17) is 4.42 Å². The van der Waals surface area contributed by atoms with Crippen molar-refractivity contribution in [3.63, 3.8) is 0 Å². The zero-order valence-electron chi connectivity index (χ0n) is 24.6. The molecule has 46 heavy (non-hydrogen) atoms. The number of rotatable bonds is 10. The summed E-state index contributed by atoms with van der Waals surface area (Å²) in [6, 6.07) is 34.7. The van der Waals surface area contributed by atoms with Crippen molar-refractivity contribution in [1.29, 1.82) is 0 Å². The van der Waals surface area contributed by atoms with Crippen LogP contribution in [-0.2, 0) is 9.59 Å². The molecule has 3 N–H and O–H groups in total. The lowest BCUT2D eigenvalue weighted by Crippen LogP contribution is -2.30. The molecule has 0 aliphatic heterocycles. The third-order valence-electron chi connectivity index (χ3n) is 6.82. The molecule has 0 spiro atoms. The molecule has 3 amide bonds. The summed E-state index contributed by atoms with van der Waals surface area (Å²) in [6.45, 7) is 2.02. The molecule has 2 aromatic heterocycles. The van der Waals surface area contributed by atoms with Crippen molar-refractivity contribution in [3.8, 4) is 0 Å². The quantitative estimate of drug-likeness (QED) is 0.103. The van der Waals surface area contributed by atoms with E-state index in [0.717, 1.165) is 26.2 Å². The Morgan fingerprint density at radius 1 is 0.848 bits per heavy atom. The molecule has 10 heteroatoms. The van der Waals surface area contributed by atoms with E-state index in [2.05, 4.69) is 20.9 Å². The minimum atomic E-state index is -0.597. The largest absolute Gasteiger partial charge is 0.465 e. The van der Waals surface area contributed by atoms with Gasteiger partial charge in [0.05, 0.1) is 16.5 Å². The van der Waals surface area contributed by atoms with Crippen LogP contribution in [0.15, 0.2) is 137 Å². The zero-order valence-corrected chi connectivity index (χ0v) is 26.2. The number of carbonyl (C=O) groups excluding carboxylic acids is 3. The highest BCUT2D eigenvalue weighted by Gasteiger charge is 2.24. The molecule has 2 heterocycles. The average molecular weight is 645 g/mol. The van der Waals surface area contributed by atoms with Gasteiger partial charge in [-0.05, 0) is 72.6 Å². The third kappa shape index (κ3) is 7.60. The third-order valence-corrected chi connectivity index (χ3v) is 9.00. The smallest absolute Gasteiger partial charge is 0.272 e. The lowest BCUT2D eigenvalue weighted by molar-refractivity contribution is -0.116. The summed E-state index contributed by atoms with van der Waals surface area (Å²) in [4.78, 5) is 45.4. The SMILES string of the molecule is Cc1ccc2nc(NC(=O)C(Sc3cccc(NC(=O)/C(=C/c4ccco4)NC(=O)c4ccccc4)c3)c3ccccc3)sc2c1. The predicted molar refractivity (Wildman–Crippen MR) is 184 cm³/mol. The van der Waals surface area contributed by atoms with E-state index in [9.17, 15) is 14.4 Å². The van der Waals surface area contributed by atoms with Gasteiger partial charge in [-0.1, -0.05) is 72.0 Å². The Kier molecular flexibility index (Phi) is 9.37. The second-order valence-corrected chi connectivity index (χ2v) is 12.5. The Hall–Kier alpha value is -5.45. The molecule has 0 bridgehead atoms. The number of thioether (sulfide) groups is 1. The standard InChI is InChI=1S/C36H28N4O4S2/c1-23-17-18-29-31(20-23)46-36(39-29)40-35(43)32(24-10-4-2-5-11-24)45-28-16-8-14-26(21-28)37-34(42)30(22-27-15-9-19-44-27)38-33(41)25-12-6-3-7-13-25/h2-22,32H,1H3,(H,37,42)(H,38,41)(H,39,40,43)/b30-22-. The van der Waals surface area contributed by atoms with Gasteiger partial charge < -0.3 is 20.4 Å².